The normalized spacial score (nSPS) is 11.7. The molecule has 0 spiro atoms. The fourth-order valence-electron chi connectivity index (χ4n) is 2.46. The standard InChI is InChI=1S/C19H17N3O3S/c1-2-25-19(23)17(14-9-5-3-6-10-14)26-22-13-16(21-24)20-18(22)15-11-7-4-8-12-15/h3-13,17H,2H2,1H3. The Labute approximate surface area is 155 Å². The Kier molecular flexibility index (Phi) is 5.80. The van der Waals surface area contributed by atoms with Gasteiger partial charge in [0.2, 0.25) is 5.82 Å². The van der Waals surface area contributed by atoms with Gasteiger partial charge < -0.3 is 4.74 Å². The van der Waals surface area contributed by atoms with Gasteiger partial charge in [-0.1, -0.05) is 60.7 Å². The second-order valence-corrected chi connectivity index (χ2v) is 6.43. The molecule has 1 aromatic heterocycles. The molecule has 6 nitrogen and oxygen atoms in total. The first kappa shape index (κ1) is 17.9. The van der Waals surface area contributed by atoms with Crippen molar-refractivity contribution in [3.05, 3.63) is 77.3 Å². The Morgan fingerprint density at radius 1 is 1.15 bits per heavy atom. The number of nitrogens with zero attached hydrogens (tertiary/aromatic N) is 3. The maximum absolute atomic E-state index is 12.5. The van der Waals surface area contributed by atoms with Crippen LogP contribution >= 0.6 is 11.9 Å². The Morgan fingerprint density at radius 3 is 2.42 bits per heavy atom. The minimum absolute atomic E-state index is 0.0621. The first-order chi connectivity index (χ1) is 12.7. The van der Waals surface area contributed by atoms with Crippen LogP contribution in [-0.4, -0.2) is 21.5 Å². The van der Waals surface area contributed by atoms with Gasteiger partial charge in [-0.25, -0.2) is 4.98 Å². The summed E-state index contributed by atoms with van der Waals surface area (Å²) in [6.07, 6.45) is 1.52. The molecule has 3 rings (SSSR count). The van der Waals surface area contributed by atoms with Crippen LogP contribution in [0.4, 0.5) is 5.82 Å². The number of carbonyl (C=O) groups is 1. The Hall–Kier alpha value is -2.93. The van der Waals surface area contributed by atoms with E-state index in [4.69, 9.17) is 4.74 Å². The summed E-state index contributed by atoms with van der Waals surface area (Å²) in [6, 6.07) is 18.8. The van der Waals surface area contributed by atoms with Crippen molar-refractivity contribution in [2.75, 3.05) is 6.61 Å². The highest BCUT2D eigenvalue weighted by Crippen LogP contribution is 2.36. The largest absolute Gasteiger partial charge is 0.465 e. The van der Waals surface area contributed by atoms with Crippen LogP contribution in [0.25, 0.3) is 11.4 Å². The van der Waals surface area contributed by atoms with E-state index in [1.54, 1.807) is 10.9 Å². The van der Waals surface area contributed by atoms with Crippen molar-refractivity contribution < 1.29 is 9.53 Å². The molecule has 26 heavy (non-hydrogen) atoms. The molecule has 1 atom stereocenters. The van der Waals surface area contributed by atoms with E-state index in [9.17, 15) is 9.70 Å². The summed E-state index contributed by atoms with van der Waals surface area (Å²) in [5.41, 5.74) is 1.63. The summed E-state index contributed by atoms with van der Waals surface area (Å²) in [6.45, 7) is 2.06. The first-order valence-electron chi connectivity index (χ1n) is 8.09. The molecule has 1 unspecified atom stereocenters. The van der Waals surface area contributed by atoms with Crippen LogP contribution in [0.2, 0.25) is 0 Å². The zero-order chi connectivity index (χ0) is 18.4. The highest BCUT2D eigenvalue weighted by molar-refractivity contribution is 7.98. The zero-order valence-corrected chi connectivity index (χ0v) is 14.9. The number of hydrogen-bond donors (Lipinski definition) is 0. The van der Waals surface area contributed by atoms with Gasteiger partial charge in [0.05, 0.1) is 12.8 Å². The van der Waals surface area contributed by atoms with Gasteiger partial charge in [-0.3, -0.25) is 8.77 Å². The monoisotopic (exact) mass is 367 g/mol. The number of carbonyl (C=O) groups excluding carboxylic acids is 1. The predicted octanol–water partition coefficient (Wildman–Crippen LogP) is 4.75. The first-order valence-corrected chi connectivity index (χ1v) is 8.93. The summed E-state index contributed by atoms with van der Waals surface area (Å²) in [5, 5.41) is 2.34. The summed E-state index contributed by atoms with van der Waals surface area (Å²) in [5.74, 6) is 0.263. The van der Waals surface area contributed by atoms with E-state index < -0.39 is 5.25 Å². The average molecular weight is 367 g/mol. The molecule has 0 saturated heterocycles. The summed E-state index contributed by atoms with van der Waals surface area (Å²) < 4.78 is 6.93. The number of rotatable bonds is 7. The number of nitroso groups, excluding NO2 is 1. The van der Waals surface area contributed by atoms with E-state index in [0.29, 0.717) is 12.4 Å². The fraction of sp³-hybridized carbons (Fsp3) is 0.158. The van der Waals surface area contributed by atoms with Gasteiger partial charge in [0.1, 0.15) is 5.25 Å². The number of benzene rings is 2. The van der Waals surface area contributed by atoms with Crippen LogP contribution in [-0.2, 0) is 9.53 Å². The van der Waals surface area contributed by atoms with Crippen molar-refractivity contribution in [2.24, 2.45) is 5.18 Å². The molecule has 3 aromatic rings. The lowest BCUT2D eigenvalue weighted by atomic mass is 10.1. The van der Waals surface area contributed by atoms with Gasteiger partial charge in [-0.2, -0.15) is 0 Å². The Bertz CT molecular complexity index is 882. The molecule has 0 aliphatic carbocycles. The quantitative estimate of drug-likeness (QED) is 0.445. The Balaban J connectivity index is 2.00. The molecule has 0 aliphatic heterocycles. The van der Waals surface area contributed by atoms with Crippen LogP contribution in [0.3, 0.4) is 0 Å². The van der Waals surface area contributed by atoms with Gasteiger partial charge in [-0.15, -0.1) is 4.91 Å². The van der Waals surface area contributed by atoms with Crippen molar-refractivity contribution >= 4 is 23.7 Å². The topological polar surface area (TPSA) is 73.6 Å². The second kappa shape index (κ2) is 8.44. The lowest BCUT2D eigenvalue weighted by molar-refractivity contribution is -0.142. The molecule has 0 fully saturated rings. The summed E-state index contributed by atoms with van der Waals surface area (Å²) in [4.78, 5) is 27.7. The summed E-state index contributed by atoms with van der Waals surface area (Å²) in [7, 11) is 0. The molecule has 0 N–H and O–H groups in total. The van der Waals surface area contributed by atoms with Crippen LogP contribution in [0.15, 0.2) is 72.0 Å². The van der Waals surface area contributed by atoms with Crippen LogP contribution in [0.1, 0.15) is 17.7 Å². The highest BCUT2D eigenvalue weighted by Gasteiger charge is 2.25. The molecule has 7 heteroatoms. The second-order valence-electron chi connectivity index (χ2n) is 5.35. The summed E-state index contributed by atoms with van der Waals surface area (Å²) >= 11 is 1.23. The predicted molar refractivity (Wildman–Crippen MR) is 102 cm³/mol. The Morgan fingerprint density at radius 2 is 1.81 bits per heavy atom. The van der Waals surface area contributed by atoms with Crippen molar-refractivity contribution in [1.82, 2.24) is 8.96 Å². The third kappa shape index (κ3) is 4.00. The number of aromatic nitrogens is 2. The molecule has 0 bridgehead atoms. The molecule has 0 aliphatic rings. The maximum atomic E-state index is 12.5. The maximum Gasteiger partial charge on any atom is 0.325 e. The lowest BCUT2D eigenvalue weighted by Gasteiger charge is -2.17. The van der Waals surface area contributed by atoms with Crippen LogP contribution < -0.4 is 0 Å². The van der Waals surface area contributed by atoms with E-state index in [2.05, 4.69) is 10.2 Å². The smallest absolute Gasteiger partial charge is 0.325 e. The van der Waals surface area contributed by atoms with Gasteiger partial charge in [-0.05, 0) is 29.6 Å². The number of esters is 1. The molecule has 1 heterocycles. The molecule has 2 aromatic carbocycles. The molecular formula is C19H17N3O3S. The molecule has 0 saturated carbocycles. The highest BCUT2D eigenvalue weighted by atomic mass is 32.2. The molecule has 132 valence electrons. The molecule has 0 radical (unpaired) electrons. The van der Waals surface area contributed by atoms with E-state index in [0.717, 1.165) is 11.1 Å². The van der Waals surface area contributed by atoms with E-state index >= 15 is 0 Å². The molecule has 0 amide bonds. The zero-order valence-electron chi connectivity index (χ0n) is 14.1. The SMILES string of the molecule is CCOC(=O)C(Sn1cc(N=O)nc1-c1ccccc1)c1ccccc1. The third-order valence-electron chi connectivity index (χ3n) is 3.61. The third-order valence-corrected chi connectivity index (χ3v) is 4.79. The van der Waals surface area contributed by atoms with Crippen molar-refractivity contribution in [3.8, 4) is 11.4 Å². The average Bonchev–Trinajstić information content (AvgIpc) is 3.11. The van der Waals surface area contributed by atoms with Crippen LogP contribution in [0, 0.1) is 4.91 Å². The minimum atomic E-state index is -0.590. The van der Waals surface area contributed by atoms with Crippen molar-refractivity contribution in [2.45, 2.75) is 12.2 Å². The number of imidazole rings is 1. The van der Waals surface area contributed by atoms with Gasteiger partial charge in [0.25, 0.3) is 0 Å². The van der Waals surface area contributed by atoms with Gasteiger partial charge >= 0.3 is 5.97 Å². The fourth-order valence-corrected chi connectivity index (χ4v) is 3.52. The minimum Gasteiger partial charge on any atom is -0.465 e. The van der Waals surface area contributed by atoms with Crippen molar-refractivity contribution in [3.63, 3.8) is 0 Å². The van der Waals surface area contributed by atoms with E-state index in [1.165, 1.54) is 18.1 Å². The van der Waals surface area contributed by atoms with Gasteiger partial charge in [0, 0.05) is 5.56 Å². The van der Waals surface area contributed by atoms with Crippen LogP contribution in [0.5, 0.6) is 0 Å². The van der Waals surface area contributed by atoms with E-state index in [1.807, 2.05) is 60.7 Å². The number of ether oxygens (including phenoxy) is 1. The van der Waals surface area contributed by atoms with E-state index in [-0.39, 0.29) is 11.8 Å². The number of hydrogen-bond acceptors (Lipinski definition) is 6. The van der Waals surface area contributed by atoms with Crippen molar-refractivity contribution in [1.29, 1.82) is 0 Å². The van der Waals surface area contributed by atoms with Gasteiger partial charge in [0.15, 0.2) is 5.82 Å². The lowest BCUT2D eigenvalue weighted by Crippen LogP contribution is -2.15. The molecular weight excluding hydrogens is 350 g/mol.